The molecule has 0 saturated carbocycles. The van der Waals surface area contributed by atoms with Crippen LogP contribution in [-0.2, 0) is 13.5 Å². The molecule has 8 nitrogen and oxygen atoms in total. The van der Waals surface area contributed by atoms with Crippen molar-refractivity contribution in [3.63, 3.8) is 0 Å². The Balaban J connectivity index is 1.47. The lowest BCUT2D eigenvalue weighted by Gasteiger charge is -2.34. The van der Waals surface area contributed by atoms with E-state index in [1.807, 2.05) is 36.2 Å². The van der Waals surface area contributed by atoms with Gasteiger partial charge in [0.05, 0.1) is 11.6 Å². The predicted octanol–water partition coefficient (Wildman–Crippen LogP) is 1.47. The Kier molecular flexibility index (Phi) is 4.39. The SMILES string of the molecule is CCc1ccc(C(=O)N2CCN(c3nc(N)c4cnn(C)c4n3)CC2)cc1. The summed E-state index contributed by atoms with van der Waals surface area (Å²) in [6.07, 6.45) is 2.64. The largest absolute Gasteiger partial charge is 0.383 e. The molecule has 1 fully saturated rings. The lowest BCUT2D eigenvalue weighted by atomic mass is 10.1. The summed E-state index contributed by atoms with van der Waals surface area (Å²) in [5.74, 6) is 1.08. The molecule has 0 aliphatic carbocycles. The van der Waals surface area contributed by atoms with Crippen LogP contribution < -0.4 is 10.6 Å². The Labute approximate surface area is 157 Å². The maximum absolute atomic E-state index is 12.7. The van der Waals surface area contributed by atoms with Crippen LogP contribution in [0.4, 0.5) is 11.8 Å². The number of nitrogens with two attached hydrogens (primary N) is 1. The highest BCUT2D eigenvalue weighted by Crippen LogP contribution is 2.21. The van der Waals surface area contributed by atoms with E-state index in [1.54, 1.807) is 10.9 Å². The molecule has 1 saturated heterocycles. The second kappa shape index (κ2) is 6.86. The summed E-state index contributed by atoms with van der Waals surface area (Å²) in [6.45, 7) is 4.69. The van der Waals surface area contributed by atoms with Gasteiger partial charge in [0.25, 0.3) is 5.91 Å². The van der Waals surface area contributed by atoms with Crippen molar-refractivity contribution < 1.29 is 4.79 Å². The molecule has 27 heavy (non-hydrogen) atoms. The molecule has 0 spiro atoms. The first-order valence-electron chi connectivity index (χ1n) is 9.15. The second-order valence-corrected chi connectivity index (χ2v) is 6.74. The maximum Gasteiger partial charge on any atom is 0.253 e. The van der Waals surface area contributed by atoms with Gasteiger partial charge in [-0.1, -0.05) is 19.1 Å². The molecule has 3 heterocycles. The van der Waals surface area contributed by atoms with Gasteiger partial charge in [-0.3, -0.25) is 9.48 Å². The average Bonchev–Trinajstić information content (AvgIpc) is 3.09. The lowest BCUT2D eigenvalue weighted by Crippen LogP contribution is -2.49. The number of rotatable bonds is 3. The highest BCUT2D eigenvalue weighted by Gasteiger charge is 2.24. The van der Waals surface area contributed by atoms with E-state index in [0.717, 1.165) is 17.4 Å². The van der Waals surface area contributed by atoms with Crippen molar-refractivity contribution in [2.24, 2.45) is 7.05 Å². The lowest BCUT2D eigenvalue weighted by molar-refractivity contribution is 0.0746. The fourth-order valence-electron chi connectivity index (χ4n) is 3.35. The maximum atomic E-state index is 12.7. The molecule has 1 aliphatic rings. The molecule has 1 aromatic carbocycles. The van der Waals surface area contributed by atoms with Crippen molar-refractivity contribution in [1.82, 2.24) is 24.6 Å². The molecule has 0 atom stereocenters. The molecule has 0 bridgehead atoms. The van der Waals surface area contributed by atoms with Gasteiger partial charge in [-0.2, -0.15) is 15.1 Å². The van der Waals surface area contributed by atoms with Gasteiger partial charge in [0.1, 0.15) is 5.82 Å². The smallest absolute Gasteiger partial charge is 0.253 e. The van der Waals surface area contributed by atoms with Crippen molar-refractivity contribution >= 4 is 28.7 Å². The Morgan fingerprint density at radius 3 is 2.48 bits per heavy atom. The number of aromatic nitrogens is 4. The Morgan fingerprint density at radius 1 is 1.11 bits per heavy atom. The number of nitrogens with zero attached hydrogens (tertiary/aromatic N) is 6. The predicted molar refractivity (Wildman–Crippen MR) is 105 cm³/mol. The summed E-state index contributed by atoms with van der Waals surface area (Å²) in [5.41, 5.74) is 8.74. The zero-order chi connectivity index (χ0) is 19.0. The minimum Gasteiger partial charge on any atom is -0.383 e. The molecular weight excluding hydrogens is 342 g/mol. The third kappa shape index (κ3) is 3.18. The van der Waals surface area contributed by atoms with Gasteiger partial charge in [-0.25, -0.2) is 0 Å². The minimum absolute atomic E-state index is 0.0693. The summed E-state index contributed by atoms with van der Waals surface area (Å²) in [4.78, 5) is 25.7. The highest BCUT2D eigenvalue weighted by atomic mass is 16.2. The van der Waals surface area contributed by atoms with E-state index >= 15 is 0 Å². The standard InChI is InChI=1S/C19H23N7O/c1-3-13-4-6-14(7-5-13)18(27)25-8-10-26(11-9-25)19-22-16(20)15-12-21-24(2)17(15)23-19/h4-7,12H,3,8-11H2,1-2H3,(H2,20,22,23). The number of anilines is 2. The average molecular weight is 365 g/mol. The zero-order valence-corrected chi connectivity index (χ0v) is 15.6. The molecule has 2 N–H and O–H groups in total. The number of hydrogen-bond donors (Lipinski definition) is 1. The third-order valence-corrected chi connectivity index (χ3v) is 5.07. The first-order valence-corrected chi connectivity index (χ1v) is 9.15. The number of carbonyl (C=O) groups excluding carboxylic acids is 1. The van der Waals surface area contributed by atoms with Gasteiger partial charge >= 0.3 is 0 Å². The zero-order valence-electron chi connectivity index (χ0n) is 15.6. The van der Waals surface area contributed by atoms with Gasteiger partial charge < -0.3 is 15.5 Å². The fourth-order valence-corrected chi connectivity index (χ4v) is 3.35. The molecule has 0 radical (unpaired) electrons. The van der Waals surface area contributed by atoms with Crippen LogP contribution in [0.15, 0.2) is 30.5 Å². The Morgan fingerprint density at radius 2 is 1.81 bits per heavy atom. The second-order valence-electron chi connectivity index (χ2n) is 6.74. The molecular formula is C19H23N7O. The van der Waals surface area contributed by atoms with E-state index < -0.39 is 0 Å². The Hall–Kier alpha value is -3.16. The summed E-state index contributed by atoms with van der Waals surface area (Å²) in [6, 6.07) is 7.85. The van der Waals surface area contributed by atoms with Crippen LogP contribution in [0.3, 0.4) is 0 Å². The topological polar surface area (TPSA) is 93.2 Å². The van der Waals surface area contributed by atoms with E-state index in [-0.39, 0.29) is 5.91 Å². The van der Waals surface area contributed by atoms with Crippen LogP contribution in [-0.4, -0.2) is 56.7 Å². The van der Waals surface area contributed by atoms with Crippen molar-refractivity contribution in [2.75, 3.05) is 36.8 Å². The van der Waals surface area contributed by atoms with Crippen LogP contribution >= 0.6 is 0 Å². The summed E-state index contributed by atoms with van der Waals surface area (Å²) in [7, 11) is 1.83. The minimum atomic E-state index is 0.0693. The monoisotopic (exact) mass is 365 g/mol. The van der Waals surface area contributed by atoms with Gasteiger partial charge in [0.2, 0.25) is 5.95 Å². The molecule has 8 heteroatoms. The highest BCUT2D eigenvalue weighted by molar-refractivity contribution is 5.94. The number of hydrogen-bond acceptors (Lipinski definition) is 6. The number of aryl methyl sites for hydroxylation is 2. The van der Waals surface area contributed by atoms with E-state index in [0.29, 0.717) is 43.6 Å². The first kappa shape index (κ1) is 17.3. The van der Waals surface area contributed by atoms with Crippen molar-refractivity contribution in [2.45, 2.75) is 13.3 Å². The fraction of sp³-hybridized carbons (Fsp3) is 0.368. The normalized spacial score (nSPS) is 14.7. The van der Waals surface area contributed by atoms with Crippen molar-refractivity contribution in [1.29, 1.82) is 0 Å². The van der Waals surface area contributed by atoms with E-state index in [1.165, 1.54) is 5.56 Å². The number of carbonyl (C=O) groups is 1. The van der Waals surface area contributed by atoms with Crippen molar-refractivity contribution in [3.05, 3.63) is 41.6 Å². The number of piperazine rings is 1. The number of nitrogen functional groups attached to an aromatic ring is 1. The Bertz CT molecular complexity index is 972. The number of amides is 1. The summed E-state index contributed by atoms with van der Waals surface area (Å²) < 4.78 is 1.69. The molecule has 1 aliphatic heterocycles. The van der Waals surface area contributed by atoms with E-state index in [4.69, 9.17) is 5.73 Å². The summed E-state index contributed by atoms with van der Waals surface area (Å²) in [5, 5.41) is 4.94. The van der Waals surface area contributed by atoms with Crippen LogP contribution in [0.25, 0.3) is 11.0 Å². The summed E-state index contributed by atoms with van der Waals surface area (Å²) >= 11 is 0. The van der Waals surface area contributed by atoms with Crippen LogP contribution in [0.1, 0.15) is 22.8 Å². The third-order valence-electron chi connectivity index (χ3n) is 5.07. The van der Waals surface area contributed by atoms with Crippen molar-refractivity contribution in [3.8, 4) is 0 Å². The molecule has 0 unspecified atom stereocenters. The van der Waals surface area contributed by atoms with Crippen LogP contribution in [0.2, 0.25) is 0 Å². The van der Waals surface area contributed by atoms with E-state index in [9.17, 15) is 4.79 Å². The van der Waals surface area contributed by atoms with Gasteiger partial charge in [0, 0.05) is 38.8 Å². The molecule has 4 rings (SSSR count). The quantitative estimate of drug-likeness (QED) is 0.755. The van der Waals surface area contributed by atoms with Gasteiger partial charge in [0.15, 0.2) is 5.65 Å². The van der Waals surface area contributed by atoms with Crippen LogP contribution in [0.5, 0.6) is 0 Å². The van der Waals surface area contributed by atoms with E-state index in [2.05, 4.69) is 26.9 Å². The van der Waals surface area contributed by atoms with Gasteiger partial charge in [-0.05, 0) is 24.1 Å². The first-order chi connectivity index (χ1) is 13.1. The number of benzene rings is 1. The molecule has 140 valence electrons. The van der Waals surface area contributed by atoms with Crippen LogP contribution in [0, 0.1) is 0 Å². The molecule has 3 aromatic rings. The molecule has 2 aromatic heterocycles. The number of fused-ring (bicyclic) bond motifs is 1. The van der Waals surface area contributed by atoms with Gasteiger partial charge in [-0.15, -0.1) is 0 Å². The molecule has 1 amide bonds.